The van der Waals surface area contributed by atoms with Gasteiger partial charge in [0.15, 0.2) is 0 Å². The molecule has 156 valence electrons. The number of aromatic nitrogens is 3. The number of nitro groups is 1. The first-order chi connectivity index (χ1) is 14.0. The maximum atomic E-state index is 12.3. The van der Waals surface area contributed by atoms with Crippen LogP contribution in [-0.4, -0.2) is 19.0 Å². The molecule has 1 aromatic heterocycles. The number of aromatic amines is 1. The summed E-state index contributed by atoms with van der Waals surface area (Å²) in [6.07, 6.45) is 0. The molecular weight excluding hydrogens is 479 g/mol. The van der Waals surface area contributed by atoms with Crippen LogP contribution in [0, 0.1) is 17.0 Å². The minimum absolute atomic E-state index is 0.0581. The Kier molecular flexibility index (Phi) is 6.14. The third kappa shape index (κ3) is 4.04. The average Bonchev–Trinajstić information content (AvgIpc) is 2.64. The largest absolute Gasteiger partial charge is 0.340 e. The topological polar surface area (TPSA) is 120 Å². The van der Waals surface area contributed by atoms with E-state index in [1.54, 1.807) is 6.92 Å². The van der Waals surface area contributed by atoms with Crippen LogP contribution in [0.3, 0.4) is 0 Å². The van der Waals surface area contributed by atoms with E-state index in [0.717, 1.165) is 20.9 Å². The molecule has 3 aromatic rings. The summed E-state index contributed by atoms with van der Waals surface area (Å²) in [7, 11) is 1.21. The Morgan fingerprint density at radius 1 is 0.967 bits per heavy atom. The molecule has 1 heterocycles. The molecule has 3 rings (SSSR count). The molecule has 0 spiro atoms. The maximum Gasteiger partial charge on any atom is 0.340 e. The van der Waals surface area contributed by atoms with Crippen LogP contribution < -0.4 is 17.1 Å². The molecule has 0 atom stereocenters. The number of rotatable bonds is 4. The van der Waals surface area contributed by atoms with Crippen molar-refractivity contribution in [3.8, 4) is 5.69 Å². The van der Waals surface area contributed by atoms with Gasteiger partial charge in [0.25, 0.3) is 5.69 Å². The first-order valence-corrected chi connectivity index (χ1v) is 10.0. The first kappa shape index (κ1) is 22.2. The molecular formula is C17H11Cl3N4O5S. The third-order valence-corrected chi connectivity index (χ3v) is 6.69. The van der Waals surface area contributed by atoms with E-state index in [0.29, 0.717) is 15.4 Å². The Hall–Kier alpha value is -2.53. The van der Waals surface area contributed by atoms with E-state index in [1.165, 1.54) is 31.3 Å². The molecule has 0 saturated carbocycles. The normalized spacial score (nSPS) is 11.0. The van der Waals surface area contributed by atoms with E-state index in [9.17, 15) is 24.5 Å². The van der Waals surface area contributed by atoms with Crippen molar-refractivity contribution in [2.24, 2.45) is 7.05 Å². The summed E-state index contributed by atoms with van der Waals surface area (Å²) in [5.74, 6) is 0. The van der Waals surface area contributed by atoms with Gasteiger partial charge >= 0.3 is 17.1 Å². The summed E-state index contributed by atoms with van der Waals surface area (Å²) < 4.78 is 1.45. The number of H-pyrrole nitrogens is 1. The van der Waals surface area contributed by atoms with Gasteiger partial charge in [-0.1, -0.05) is 46.6 Å². The quantitative estimate of drug-likeness (QED) is 0.442. The van der Waals surface area contributed by atoms with Gasteiger partial charge in [-0.25, -0.2) is 23.5 Å². The standard InChI is InChI=1S/C17H11Cl3N4O5S/c1-7-3-9(24(28)29)6-10(18)13(7)30-14-11(19)4-8(5-12(14)20)23-16(26)21-15(25)22(2)17(23)27/h3-6H,1-2H3,(H,21,25,26). The molecule has 0 radical (unpaired) electrons. The predicted molar refractivity (Wildman–Crippen MR) is 115 cm³/mol. The van der Waals surface area contributed by atoms with Crippen molar-refractivity contribution in [1.82, 2.24) is 14.1 Å². The van der Waals surface area contributed by atoms with Gasteiger partial charge in [0.1, 0.15) is 0 Å². The first-order valence-electron chi connectivity index (χ1n) is 8.05. The lowest BCUT2D eigenvalue weighted by Gasteiger charge is -2.13. The van der Waals surface area contributed by atoms with E-state index in [4.69, 9.17) is 34.8 Å². The lowest BCUT2D eigenvalue weighted by molar-refractivity contribution is -0.384. The molecule has 30 heavy (non-hydrogen) atoms. The van der Waals surface area contributed by atoms with Gasteiger partial charge < -0.3 is 0 Å². The fraction of sp³-hybridized carbons (Fsp3) is 0.118. The lowest BCUT2D eigenvalue weighted by Crippen LogP contribution is -2.47. The van der Waals surface area contributed by atoms with E-state index >= 15 is 0 Å². The number of halogens is 3. The minimum Gasteiger partial charge on any atom is -0.258 e. The van der Waals surface area contributed by atoms with Crippen molar-refractivity contribution >= 4 is 52.3 Å². The Balaban J connectivity index is 2.11. The van der Waals surface area contributed by atoms with Crippen molar-refractivity contribution in [3.63, 3.8) is 0 Å². The molecule has 0 fully saturated rings. The average molecular weight is 490 g/mol. The van der Waals surface area contributed by atoms with Crippen LogP contribution in [0.2, 0.25) is 15.1 Å². The van der Waals surface area contributed by atoms with E-state index in [2.05, 4.69) is 0 Å². The van der Waals surface area contributed by atoms with Gasteiger partial charge in [-0.15, -0.1) is 0 Å². The summed E-state index contributed by atoms with van der Waals surface area (Å²) in [6, 6.07) is 5.27. The molecule has 0 aliphatic heterocycles. The summed E-state index contributed by atoms with van der Waals surface area (Å²) in [5.41, 5.74) is -2.21. The summed E-state index contributed by atoms with van der Waals surface area (Å²) in [6.45, 7) is 1.65. The number of hydrogen-bond donors (Lipinski definition) is 1. The Morgan fingerprint density at radius 3 is 2.07 bits per heavy atom. The summed E-state index contributed by atoms with van der Waals surface area (Å²) in [5, 5.41) is 11.3. The van der Waals surface area contributed by atoms with Crippen LogP contribution in [0.25, 0.3) is 5.69 Å². The number of aryl methyl sites for hydroxylation is 1. The Labute approximate surface area is 187 Å². The molecule has 0 unspecified atom stereocenters. The van der Waals surface area contributed by atoms with Crippen LogP contribution in [-0.2, 0) is 7.05 Å². The van der Waals surface area contributed by atoms with Crippen molar-refractivity contribution in [2.75, 3.05) is 0 Å². The zero-order chi connectivity index (χ0) is 22.3. The van der Waals surface area contributed by atoms with Crippen molar-refractivity contribution < 1.29 is 4.92 Å². The molecule has 9 nitrogen and oxygen atoms in total. The molecule has 0 aliphatic rings. The number of nitrogens with one attached hydrogen (secondary N) is 1. The maximum absolute atomic E-state index is 12.3. The summed E-state index contributed by atoms with van der Waals surface area (Å²) >= 11 is 20.0. The highest BCUT2D eigenvalue weighted by Crippen LogP contribution is 2.44. The zero-order valence-electron chi connectivity index (χ0n) is 15.2. The number of hydrogen-bond acceptors (Lipinski definition) is 6. The minimum atomic E-state index is -0.940. The fourth-order valence-electron chi connectivity index (χ4n) is 2.61. The van der Waals surface area contributed by atoms with Gasteiger partial charge in [-0.2, -0.15) is 0 Å². The predicted octanol–water partition coefficient (Wildman–Crippen LogP) is 3.55. The molecule has 1 N–H and O–H groups in total. The third-order valence-electron chi connectivity index (χ3n) is 4.07. The van der Waals surface area contributed by atoms with E-state index in [-0.39, 0.29) is 26.4 Å². The summed E-state index contributed by atoms with van der Waals surface area (Å²) in [4.78, 5) is 49.3. The van der Waals surface area contributed by atoms with E-state index in [1.807, 2.05) is 4.98 Å². The van der Waals surface area contributed by atoms with Crippen LogP contribution in [0.4, 0.5) is 5.69 Å². The van der Waals surface area contributed by atoms with Gasteiger partial charge in [0.2, 0.25) is 0 Å². The van der Waals surface area contributed by atoms with Crippen LogP contribution in [0.5, 0.6) is 0 Å². The van der Waals surface area contributed by atoms with Gasteiger partial charge in [-0.3, -0.25) is 15.1 Å². The van der Waals surface area contributed by atoms with E-state index < -0.39 is 22.0 Å². The molecule has 0 aliphatic carbocycles. The zero-order valence-corrected chi connectivity index (χ0v) is 18.3. The molecule has 13 heteroatoms. The highest BCUT2D eigenvalue weighted by molar-refractivity contribution is 7.99. The Morgan fingerprint density at radius 2 is 1.53 bits per heavy atom. The van der Waals surface area contributed by atoms with Crippen LogP contribution >= 0.6 is 46.6 Å². The van der Waals surface area contributed by atoms with Crippen molar-refractivity contribution in [3.05, 3.63) is 86.5 Å². The lowest BCUT2D eigenvalue weighted by atomic mass is 10.2. The van der Waals surface area contributed by atoms with Crippen LogP contribution in [0.15, 0.2) is 48.4 Å². The highest BCUT2D eigenvalue weighted by Gasteiger charge is 2.19. The van der Waals surface area contributed by atoms with Crippen molar-refractivity contribution in [2.45, 2.75) is 16.7 Å². The SMILES string of the molecule is Cc1cc([N+](=O)[O-])cc(Cl)c1Sc1c(Cl)cc(-n2c(=O)[nH]c(=O)n(C)c2=O)cc1Cl. The Bertz CT molecular complexity index is 1330. The van der Waals surface area contributed by atoms with Gasteiger partial charge in [0, 0.05) is 29.0 Å². The number of benzene rings is 2. The van der Waals surface area contributed by atoms with Gasteiger partial charge in [0.05, 0.1) is 25.7 Å². The number of nitrogens with zero attached hydrogens (tertiary/aromatic N) is 3. The van der Waals surface area contributed by atoms with Crippen LogP contribution in [0.1, 0.15) is 5.56 Å². The second-order valence-corrected chi connectivity index (χ2v) is 8.33. The number of non-ortho nitro benzene ring substituents is 1. The number of nitro benzene ring substituents is 1. The fourth-order valence-corrected chi connectivity index (χ4v) is 4.58. The smallest absolute Gasteiger partial charge is 0.258 e. The van der Waals surface area contributed by atoms with Gasteiger partial charge in [-0.05, 0) is 24.6 Å². The molecule has 0 amide bonds. The molecule has 2 aromatic carbocycles. The monoisotopic (exact) mass is 488 g/mol. The second kappa shape index (κ2) is 8.31. The highest BCUT2D eigenvalue weighted by atomic mass is 35.5. The second-order valence-electron chi connectivity index (χ2n) is 6.08. The molecule has 0 saturated heterocycles. The molecule has 0 bridgehead atoms. The van der Waals surface area contributed by atoms with Crippen molar-refractivity contribution in [1.29, 1.82) is 0 Å².